The fraction of sp³-hybridized carbons (Fsp3) is 0.933. The van der Waals surface area contributed by atoms with E-state index in [4.69, 9.17) is 15.2 Å². The Kier molecular flexibility index (Phi) is 6.89. The van der Waals surface area contributed by atoms with Crippen molar-refractivity contribution in [2.75, 3.05) is 52.6 Å². The fourth-order valence-corrected chi connectivity index (χ4v) is 2.97. The van der Waals surface area contributed by atoms with Crippen LogP contribution in [0.3, 0.4) is 0 Å². The Hall–Kier alpha value is -0.690. The van der Waals surface area contributed by atoms with Crippen LogP contribution in [0.15, 0.2) is 0 Å². The summed E-state index contributed by atoms with van der Waals surface area (Å²) in [5.41, 5.74) is 6.07. The Morgan fingerprint density at radius 2 is 1.86 bits per heavy atom. The highest BCUT2D eigenvalue weighted by atomic mass is 16.5. The van der Waals surface area contributed by atoms with E-state index in [0.29, 0.717) is 12.5 Å². The molecule has 1 amide bonds. The number of carbonyl (C=O) groups is 1. The van der Waals surface area contributed by atoms with Crippen molar-refractivity contribution in [3.63, 3.8) is 0 Å². The lowest BCUT2D eigenvalue weighted by Crippen LogP contribution is -2.49. The van der Waals surface area contributed by atoms with Gasteiger partial charge in [-0.25, -0.2) is 0 Å². The second-order valence-electron chi connectivity index (χ2n) is 6.24. The van der Waals surface area contributed by atoms with Gasteiger partial charge < -0.3 is 20.5 Å². The van der Waals surface area contributed by atoms with Gasteiger partial charge >= 0.3 is 0 Å². The van der Waals surface area contributed by atoms with E-state index in [9.17, 15) is 4.79 Å². The predicted octanol–water partition coefficient (Wildman–Crippen LogP) is -0.175. The molecule has 2 fully saturated rings. The lowest BCUT2D eigenvalue weighted by atomic mass is 9.92. The number of nitrogens with two attached hydrogens (primary N) is 1. The summed E-state index contributed by atoms with van der Waals surface area (Å²) in [4.78, 5) is 14.5. The van der Waals surface area contributed by atoms with Crippen LogP contribution in [-0.4, -0.2) is 69.5 Å². The molecular weight excluding hydrogens is 270 g/mol. The molecule has 2 rings (SSSR count). The van der Waals surface area contributed by atoms with Crippen molar-refractivity contribution in [2.24, 2.45) is 17.6 Å². The minimum atomic E-state index is -0.399. The largest absolute Gasteiger partial charge is 0.381 e. The van der Waals surface area contributed by atoms with Crippen LogP contribution in [0, 0.1) is 11.8 Å². The molecule has 2 saturated heterocycles. The number of amides is 1. The molecule has 0 aliphatic carbocycles. The number of hydrogen-bond donors (Lipinski definition) is 2. The first-order chi connectivity index (χ1) is 10.2. The first-order valence-electron chi connectivity index (χ1n) is 8.08. The SMILES string of the molecule is CC(CNC(=O)C(N)C1CCOCC1)CN1CCOCC1. The normalized spacial score (nSPS) is 24.5. The summed E-state index contributed by atoms with van der Waals surface area (Å²) in [5.74, 6) is 0.665. The van der Waals surface area contributed by atoms with Gasteiger partial charge in [-0.2, -0.15) is 0 Å². The van der Waals surface area contributed by atoms with Crippen LogP contribution in [0.25, 0.3) is 0 Å². The third-order valence-corrected chi connectivity index (χ3v) is 4.37. The highest BCUT2D eigenvalue weighted by Gasteiger charge is 2.26. The van der Waals surface area contributed by atoms with E-state index < -0.39 is 6.04 Å². The summed E-state index contributed by atoms with van der Waals surface area (Å²) in [6.45, 7) is 8.89. The average Bonchev–Trinajstić information content (AvgIpc) is 2.53. The maximum Gasteiger partial charge on any atom is 0.237 e. The minimum Gasteiger partial charge on any atom is -0.381 e. The monoisotopic (exact) mass is 299 g/mol. The molecule has 0 spiro atoms. The molecule has 122 valence electrons. The van der Waals surface area contributed by atoms with Gasteiger partial charge in [-0.3, -0.25) is 9.69 Å². The van der Waals surface area contributed by atoms with Gasteiger partial charge in [0.15, 0.2) is 0 Å². The maximum atomic E-state index is 12.1. The molecule has 3 N–H and O–H groups in total. The third kappa shape index (κ3) is 5.54. The Morgan fingerprint density at radius 3 is 2.52 bits per heavy atom. The molecule has 6 nitrogen and oxygen atoms in total. The smallest absolute Gasteiger partial charge is 0.237 e. The van der Waals surface area contributed by atoms with Crippen LogP contribution in [0.5, 0.6) is 0 Å². The van der Waals surface area contributed by atoms with Crippen LogP contribution < -0.4 is 11.1 Å². The first kappa shape index (κ1) is 16.7. The van der Waals surface area contributed by atoms with Crippen LogP contribution in [0.4, 0.5) is 0 Å². The van der Waals surface area contributed by atoms with Crippen molar-refractivity contribution in [3.8, 4) is 0 Å². The fourth-order valence-electron chi connectivity index (χ4n) is 2.97. The molecule has 0 aromatic carbocycles. The molecule has 2 aliphatic heterocycles. The van der Waals surface area contributed by atoms with Crippen molar-refractivity contribution < 1.29 is 14.3 Å². The first-order valence-corrected chi connectivity index (χ1v) is 8.08. The lowest BCUT2D eigenvalue weighted by molar-refractivity contribution is -0.124. The summed E-state index contributed by atoms with van der Waals surface area (Å²) in [6, 6.07) is -0.399. The summed E-state index contributed by atoms with van der Waals surface area (Å²) >= 11 is 0. The van der Waals surface area contributed by atoms with E-state index in [0.717, 1.165) is 58.9 Å². The highest BCUT2D eigenvalue weighted by Crippen LogP contribution is 2.17. The summed E-state index contributed by atoms with van der Waals surface area (Å²) in [5, 5.41) is 3.01. The number of morpholine rings is 1. The van der Waals surface area contributed by atoms with E-state index in [2.05, 4.69) is 17.1 Å². The van der Waals surface area contributed by atoms with Gasteiger partial charge in [-0.15, -0.1) is 0 Å². The molecule has 2 heterocycles. The van der Waals surface area contributed by atoms with Crippen molar-refractivity contribution in [2.45, 2.75) is 25.8 Å². The molecular formula is C15H29N3O3. The second kappa shape index (κ2) is 8.68. The number of hydrogen-bond acceptors (Lipinski definition) is 5. The van der Waals surface area contributed by atoms with Crippen molar-refractivity contribution in [1.29, 1.82) is 0 Å². The Labute approximate surface area is 127 Å². The molecule has 21 heavy (non-hydrogen) atoms. The zero-order valence-electron chi connectivity index (χ0n) is 13.1. The molecule has 0 aromatic rings. The molecule has 0 radical (unpaired) electrons. The number of rotatable bonds is 6. The molecule has 0 aromatic heterocycles. The van der Waals surface area contributed by atoms with E-state index in [1.807, 2.05) is 0 Å². The number of nitrogens with one attached hydrogen (secondary N) is 1. The van der Waals surface area contributed by atoms with Crippen LogP contribution in [0.1, 0.15) is 19.8 Å². The van der Waals surface area contributed by atoms with Gasteiger partial charge in [0.05, 0.1) is 19.3 Å². The van der Waals surface area contributed by atoms with Crippen LogP contribution >= 0.6 is 0 Å². The Bertz CT molecular complexity index is 315. The van der Waals surface area contributed by atoms with Crippen molar-refractivity contribution in [1.82, 2.24) is 10.2 Å². The van der Waals surface area contributed by atoms with E-state index in [1.54, 1.807) is 0 Å². The summed E-state index contributed by atoms with van der Waals surface area (Å²) in [7, 11) is 0. The predicted molar refractivity (Wildman–Crippen MR) is 81.0 cm³/mol. The molecule has 0 saturated carbocycles. The molecule has 2 aliphatic rings. The Morgan fingerprint density at radius 1 is 1.24 bits per heavy atom. The molecule has 0 bridgehead atoms. The van der Waals surface area contributed by atoms with Gasteiger partial charge in [0.1, 0.15) is 0 Å². The number of nitrogens with zero attached hydrogens (tertiary/aromatic N) is 1. The number of ether oxygens (including phenoxy) is 2. The van der Waals surface area contributed by atoms with Crippen molar-refractivity contribution in [3.05, 3.63) is 0 Å². The zero-order chi connectivity index (χ0) is 15.1. The maximum absolute atomic E-state index is 12.1. The van der Waals surface area contributed by atoms with Crippen molar-refractivity contribution >= 4 is 5.91 Å². The van der Waals surface area contributed by atoms with Gasteiger partial charge in [0.25, 0.3) is 0 Å². The molecule has 2 unspecified atom stereocenters. The molecule has 2 atom stereocenters. The quantitative estimate of drug-likeness (QED) is 0.712. The van der Waals surface area contributed by atoms with Gasteiger partial charge in [-0.1, -0.05) is 6.92 Å². The van der Waals surface area contributed by atoms with Crippen LogP contribution in [-0.2, 0) is 14.3 Å². The van der Waals surface area contributed by atoms with Crippen LogP contribution in [0.2, 0.25) is 0 Å². The second-order valence-corrected chi connectivity index (χ2v) is 6.24. The average molecular weight is 299 g/mol. The topological polar surface area (TPSA) is 76.8 Å². The number of carbonyl (C=O) groups excluding carboxylic acids is 1. The molecule has 6 heteroatoms. The van der Waals surface area contributed by atoms with E-state index in [-0.39, 0.29) is 11.8 Å². The highest BCUT2D eigenvalue weighted by molar-refractivity contribution is 5.81. The van der Waals surface area contributed by atoms with Gasteiger partial charge in [0, 0.05) is 39.4 Å². The summed E-state index contributed by atoms with van der Waals surface area (Å²) < 4.78 is 10.6. The van der Waals surface area contributed by atoms with E-state index in [1.165, 1.54) is 0 Å². The Balaban J connectivity index is 1.64. The van der Waals surface area contributed by atoms with Gasteiger partial charge in [-0.05, 0) is 24.7 Å². The minimum absolute atomic E-state index is 0.0178. The third-order valence-electron chi connectivity index (χ3n) is 4.37. The standard InChI is InChI=1S/C15H29N3O3/c1-12(11-18-4-8-21-9-5-18)10-17-15(19)14(16)13-2-6-20-7-3-13/h12-14H,2-11,16H2,1H3,(H,17,19). The summed E-state index contributed by atoms with van der Waals surface area (Å²) in [6.07, 6.45) is 1.77. The van der Waals surface area contributed by atoms with Gasteiger partial charge in [0.2, 0.25) is 5.91 Å². The lowest BCUT2D eigenvalue weighted by Gasteiger charge is -2.30. The van der Waals surface area contributed by atoms with E-state index >= 15 is 0 Å². The zero-order valence-corrected chi connectivity index (χ0v) is 13.1.